The Morgan fingerprint density at radius 3 is 2.45 bits per heavy atom. The number of nitrogens with one attached hydrogen (secondary N) is 1. The molecule has 0 radical (unpaired) electrons. The number of hydrogen-bond donors (Lipinski definition) is 2. The summed E-state index contributed by atoms with van der Waals surface area (Å²) in [6, 6.07) is 9.93. The van der Waals surface area contributed by atoms with Crippen molar-refractivity contribution in [2.45, 2.75) is 26.7 Å². The van der Waals surface area contributed by atoms with E-state index in [0.29, 0.717) is 0 Å². The molecule has 0 atom stereocenters. The third kappa shape index (κ3) is 2.90. The molecule has 20 heavy (non-hydrogen) atoms. The summed E-state index contributed by atoms with van der Waals surface area (Å²) in [5.41, 5.74) is 7.43. The van der Waals surface area contributed by atoms with Gasteiger partial charge in [-0.1, -0.05) is 32.0 Å². The number of nitrogens with two attached hydrogens (primary N) is 1. The Balaban J connectivity index is 2.58. The molecule has 1 aromatic carbocycles. The van der Waals surface area contributed by atoms with E-state index < -0.39 is 0 Å². The number of nitrogen functional groups attached to an aromatic ring is 1. The summed E-state index contributed by atoms with van der Waals surface area (Å²) in [6.45, 7) is 6.16. The second-order valence-corrected chi connectivity index (χ2v) is 4.95. The fourth-order valence-corrected chi connectivity index (χ4v) is 2.41. The van der Waals surface area contributed by atoms with Gasteiger partial charge < -0.3 is 10.6 Å². The Kier molecular flexibility index (Phi) is 4.56. The molecule has 0 aliphatic heterocycles. The second-order valence-electron chi connectivity index (χ2n) is 4.95. The SMILES string of the molecule is CCCN(CCC)c1nc2ccccc2cc1C(=N)N. The Hall–Kier alpha value is -2.10. The zero-order chi connectivity index (χ0) is 14.5. The van der Waals surface area contributed by atoms with Crippen molar-refractivity contribution < 1.29 is 0 Å². The van der Waals surface area contributed by atoms with E-state index in [2.05, 4.69) is 18.7 Å². The largest absolute Gasteiger partial charge is 0.384 e. The van der Waals surface area contributed by atoms with Crippen molar-refractivity contribution in [3.05, 3.63) is 35.9 Å². The monoisotopic (exact) mass is 270 g/mol. The molecule has 0 amide bonds. The van der Waals surface area contributed by atoms with Crippen molar-refractivity contribution >= 4 is 22.6 Å². The minimum Gasteiger partial charge on any atom is -0.384 e. The molecule has 2 aromatic rings. The number of rotatable bonds is 6. The Labute approximate surface area is 120 Å². The number of pyridine rings is 1. The Morgan fingerprint density at radius 1 is 1.20 bits per heavy atom. The molecule has 0 spiro atoms. The fourth-order valence-electron chi connectivity index (χ4n) is 2.41. The number of fused-ring (bicyclic) bond motifs is 1. The van der Waals surface area contributed by atoms with Crippen molar-refractivity contribution in [1.29, 1.82) is 5.41 Å². The summed E-state index contributed by atoms with van der Waals surface area (Å²) in [5.74, 6) is 0.912. The van der Waals surface area contributed by atoms with Crippen molar-refractivity contribution in [2.24, 2.45) is 5.73 Å². The first-order valence-corrected chi connectivity index (χ1v) is 7.16. The van der Waals surface area contributed by atoms with Gasteiger partial charge in [-0.05, 0) is 25.0 Å². The number of hydrogen-bond acceptors (Lipinski definition) is 3. The van der Waals surface area contributed by atoms with E-state index >= 15 is 0 Å². The van der Waals surface area contributed by atoms with Gasteiger partial charge in [0.25, 0.3) is 0 Å². The summed E-state index contributed by atoms with van der Waals surface area (Å²) in [7, 11) is 0. The fraction of sp³-hybridized carbons (Fsp3) is 0.375. The lowest BCUT2D eigenvalue weighted by atomic mass is 10.1. The number of nitrogens with zero attached hydrogens (tertiary/aromatic N) is 2. The predicted molar refractivity (Wildman–Crippen MR) is 85.6 cm³/mol. The number of amidine groups is 1. The van der Waals surface area contributed by atoms with Crippen LogP contribution in [-0.4, -0.2) is 23.9 Å². The molecule has 106 valence electrons. The van der Waals surface area contributed by atoms with Gasteiger partial charge in [0.2, 0.25) is 0 Å². The molecule has 0 unspecified atom stereocenters. The van der Waals surface area contributed by atoms with Gasteiger partial charge >= 0.3 is 0 Å². The highest BCUT2D eigenvalue weighted by atomic mass is 15.2. The van der Waals surface area contributed by atoms with E-state index in [-0.39, 0.29) is 5.84 Å². The number of para-hydroxylation sites is 1. The average molecular weight is 270 g/mol. The van der Waals surface area contributed by atoms with Gasteiger partial charge in [-0.3, -0.25) is 5.41 Å². The van der Waals surface area contributed by atoms with Crippen LogP contribution in [0.25, 0.3) is 10.9 Å². The van der Waals surface area contributed by atoms with E-state index in [0.717, 1.165) is 48.2 Å². The molecule has 4 nitrogen and oxygen atoms in total. The molecule has 0 saturated carbocycles. The van der Waals surface area contributed by atoms with E-state index in [9.17, 15) is 0 Å². The van der Waals surface area contributed by atoms with Crippen LogP contribution in [0.4, 0.5) is 5.82 Å². The standard InChI is InChI=1S/C16H22N4/c1-3-9-20(10-4-2)16-13(15(17)18)11-12-7-5-6-8-14(12)19-16/h5-8,11H,3-4,9-10H2,1-2H3,(H3,17,18). The van der Waals surface area contributed by atoms with Crippen molar-refractivity contribution in [2.75, 3.05) is 18.0 Å². The minimum atomic E-state index is 0.0791. The van der Waals surface area contributed by atoms with E-state index in [4.69, 9.17) is 16.1 Å². The van der Waals surface area contributed by atoms with Crippen molar-refractivity contribution in [3.63, 3.8) is 0 Å². The first kappa shape index (κ1) is 14.3. The molecular weight excluding hydrogens is 248 g/mol. The lowest BCUT2D eigenvalue weighted by molar-refractivity contribution is 0.735. The van der Waals surface area contributed by atoms with Gasteiger partial charge in [-0.25, -0.2) is 4.98 Å². The summed E-state index contributed by atoms with van der Waals surface area (Å²) < 4.78 is 0. The van der Waals surface area contributed by atoms with Crippen LogP contribution in [-0.2, 0) is 0 Å². The normalized spacial score (nSPS) is 10.7. The van der Waals surface area contributed by atoms with Crippen LogP contribution in [0.15, 0.2) is 30.3 Å². The van der Waals surface area contributed by atoms with E-state index in [1.807, 2.05) is 30.3 Å². The first-order valence-electron chi connectivity index (χ1n) is 7.16. The van der Waals surface area contributed by atoms with Gasteiger partial charge in [0.15, 0.2) is 0 Å². The maximum absolute atomic E-state index is 7.82. The maximum atomic E-state index is 7.82. The van der Waals surface area contributed by atoms with Crippen molar-refractivity contribution in [3.8, 4) is 0 Å². The van der Waals surface area contributed by atoms with Gasteiger partial charge in [0.1, 0.15) is 11.7 Å². The molecular formula is C16H22N4. The maximum Gasteiger partial charge on any atom is 0.140 e. The van der Waals surface area contributed by atoms with E-state index in [1.54, 1.807) is 0 Å². The lowest BCUT2D eigenvalue weighted by Gasteiger charge is -2.25. The third-order valence-corrected chi connectivity index (χ3v) is 3.28. The highest BCUT2D eigenvalue weighted by molar-refractivity contribution is 6.03. The highest BCUT2D eigenvalue weighted by Gasteiger charge is 2.15. The summed E-state index contributed by atoms with van der Waals surface area (Å²) >= 11 is 0. The second kappa shape index (κ2) is 6.37. The number of benzene rings is 1. The number of aromatic nitrogens is 1. The molecule has 0 aliphatic carbocycles. The molecule has 1 aromatic heterocycles. The molecule has 1 heterocycles. The molecule has 3 N–H and O–H groups in total. The quantitative estimate of drug-likeness (QED) is 0.626. The van der Waals surface area contributed by atoms with Gasteiger partial charge in [0.05, 0.1) is 11.1 Å². The zero-order valence-electron chi connectivity index (χ0n) is 12.2. The van der Waals surface area contributed by atoms with Crippen LogP contribution in [0.2, 0.25) is 0 Å². The van der Waals surface area contributed by atoms with Gasteiger partial charge in [0, 0.05) is 18.5 Å². The molecule has 4 heteroatoms. The molecule has 2 rings (SSSR count). The first-order chi connectivity index (χ1) is 9.67. The van der Waals surface area contributed by atoms with E-state index in [1.165, 1.54) is 0 Å². The Morgan fingerprint density at radius 2 is 1.85 bits per heavy atom. The lowest BCUT2D eigenvalue weighted by Crippen LogP contribution is -2.29. The van der Waals surface area contributed by atoms with Crippen LogP contribution in [0.5, 0.6) is 0 Å². The topological polar surface area (TPSA) is 66.0 Å². The molecule has 0 fully saturated rings. The Bertz CT molecular complexity index is 600. The number of anilines is 1. The van der Waals surface area contributed by atoms with Crippen LogP contribution in [0, 0.1) is 5.41 Å². The predicted octanol–water partition coefficient (Wildman–Crippen LogP) is 3.15. The van der Waals surface area contributed by atoms with Gasteiger partial charge in [-0.15, -0.1) is 0 Å². The smallest absolute Gasteiger partial charge is 0.140 e. The average Bonchev–Trinajstić information content (AvgIpc) is 2.45. The van der Waals surface area contributed by atoms with Gasteiger partial charge in [-0.2, -0.15) is 0 Å². The third-order valence-electron chi connectivity index (χ3n) is 3.28. The highest BCUT2D eigenvalue weighted by Crippen LogP contribution is 2.23. The molecule has 0 aliphatic rings. The van der Waals surface area contributed by atoms with Crippen LogP contribution < -0.4 is 10.6 Å². The molecule has 0 saturated heterocycles. The zero-order valence-corrected chi connectivity index (χ0v) is 12.2. The van der Waals surface area contributed by atoms with Crippen LogP contribution in [0.1, 0.15) is 32.3 Å². The van der Waals surface area contributed by atoms with Crippen LogP contribution in [0.3, 0.4) is 0 Å². The molecule has 0 bridgehead atoms. The summed E-state index contributed by atoms with van der Waals surface area (Å²) in [6.07, 6.45) is 2.09. The van der Waals surface area contributed by atoms with Crippen LogP contribution >= 0.6 is 0 Å². The van der Waals surface area contributed by atoms with Crippen molar-refractivity contribution in [1.82, 2.24) is 4.98 Å². The summed E-state index contributed by atoms with van der Waals surface area (Å²) in [4.78, 5) is 6.96. The summed E-state index contributed by atoms with van der Waals surface area (Å²) in [5, 5.41) is 8.84. The minimum absolute atomic E-state index is 0.0791.